The van der Waals surface area contributed by atoms with Crippen LogP contribution >= 0.6 is 22.9 Å². The third-order valence-corrected chi connectivity index (χ3v) is 8.02. The van der Waals surface area contributed by atoms with Gasteiger partial charge in [-0.2, -0.15) is 5.10 Å². The van der Waals surface area contributed by atoms with Crippen molar-refractivity contribution >= 4 is 55.6 Å². The minimum Gasteiger partial charge on any atom is -0.352 e. The van der Waals surface area contributed by atoms with Crippen LogP contribution in [0.2, 0.25) is 4.34 Å². The van der Waals surface area contributed by atoms with Gasteiger partial charge in [-0.15, -0.1) is 11.3 Å². The van der Waals surface area contributed by atoms with E-state index in [0.717, 1.165) is 22.5 Å². The van der Waals surface area contributed by atoms with Gasteiger partial charge in [-0.05, 0) is 29.3 Å². The Morgan fingerprint density at radius 2 is 1.88 bits per heavy atom. The quantitative estimate of drug-likeness (QED) is 0.332. The first kappa shape index (κ1) is 24.1. The van der Waals surface area contributed by atoms with Gasteiger partial charge in [-0.25, -0.2) is 17.2 Å². The monoisotopic (exact) mass is 524 g/mol. The maximum Gasteiger partial charge on any atom is 0.272 e. The Morgan fingerprint density at radius 1 is 1.15 bits per heavy atom. The second-order valence-electron chi connectivity index (χ2n) is 7.44. The van der Waals surface area contributed by atoms with Crippen molar-refractivity contribution in [2.75, 3.05) is 4.72 Å². The summed E-state index contributed by atoms with van der Waals surface area (Å²) in [6.07, 6.45) is -2.83. The first-order chi connectivity index (χ1) is 16.1. The Kier molecular flexibility index (Phi) is 6.87. The number of thiophene rings is 1. The molecule has 0 saturated carbocycles. The number of nitrogens with zero attached hydrogens (tertiary/aromatic N) is 2. The van der Waals surface area contributed by atoms with Crippen molar-refractivity contribution in [1.82, 2.24) is 15.1 Å². The van der Waals surface area contributed by atoms with Crippen LogP contribution in [0.5, 0.6) is 0 Å². The second-order valence-corrected chi connectivity index (χ2v) is 11.1. The predicted molar refractivity (Wildman–Crippen MR) is 128 cm³/mol. The fourth-order valence-electron chi connectivity index (χ4n) is 3.49. The largest absolute Gasteiger partial charge is 0.352 e. The van der Waals surface area contributed by atoms with Crippen molar-refractivity contribution in [3.8, 4) is 0 Å². The number of aromatic nitrogens is 2. The summed E-state index contributed by atoms with van der Waals surface area (Å²) in [6.45, 7) is 1.96. The summed E-state index contributed by atoms with van der Waals surface area (Å²) in [5.74, 6) is -0.350. The van der Waals surface area contributed by atoms with Crippen molar-refractivity contribution in [2.24, 2.45) is 0 Å². The molecule has 0 aliphatic carbocycles. The van der Waals surface area contributed by atoms with Crippen LogP contribution in [0.25, 0.3) is 10.9 Å². The van der Waals surface area contributed by atoms with Crippen molar-refractivity contribution in [2.45, 2.75) is 30.6 Å². The molecule has 0 unspecified atom stereocenters. The lowest BCUT2D eigenvalue weighted by atomic mass is 10.1. The second kappa shape index (κ2) is 9.69. The van der Waals surface area contributed by atoms with E-state index >= 15 is 0 Å². The van der Waals surface area contributed by atoms with E-state index in [2.05, 4.69) is 15.1 Å². The van der Waals surface area contributed by atoms with Crippen LogP contribution in [0.4, 0.5) is 14.6 Å². The Bertz CT molecular complexity index is 1470. The molecule has 1 amide bonds. The van der Waals surface area contributed by atoms with E-state index in [-0.39, 0.29) is 37.8 Å². The molecule has 4 aromatic rings. The van der Waals surface area contributed by atoms with E-state index in [1.54, 1.807) is 6.07 Å². The molecule has 178 valence electrons. The SMILES string of the molecule is CC(=O)NCc1cccc(Cn2nc(NS(=O)(=O)c3ccc(Cl)s3)c3c(C(F)F)cccc32)c1. The minimum absolute atomic E-state index is 0.0260. The van der Waals surface area contributed by atoms with E-state index in [4.69, 9.17) is 11.6 Å². The summed E-state index contributed by atoms with van der Waals surface area (Å²) in [5.41, 5.74) is 1.68. The number of carbonyl (C=O) groups is 1. The summed E-state index contributed by atoms with van der Waals surface area (Å²) in [7, 11) is -4.09. The zero-order valence-corrected chi connectivity index (χ0v) is 20.1. The maximum absolute atomic E-state index is 13.8. The van der Waals surface area contributed by atoms with Gasteiger partial charge in [0, 0.05) is 19.0 Å². The van der Waals surface area contributed by atoms with Crippen LogP contribution in [0.3, 0.4) is 0 Å². The van der Waals surface area contributed by atoms with E-state index in [9.17, 15) is 22.0 Å². The molecule has 0 saturated heterocycles. The molecule has 2 aromatic carbocycles. The lowest BCUT2D eigenvalue weighted by Gasteiger charge is -2.08. The predicted octanol–water partition coefficient (Wildman–Crippen LogP) is 5.17. The minimum atomic E-state index is -4.09. The van der Waals surface area contributed by atoms with E-state index in [0.29, 0.717) is 12.1 Å². The zero-order chi connectivity index (χ0) is 24.5. The molecule has 0 bridgehead atoms. The highest BCUT2D eigenvalue weighted by Crippen LogP contribution is 2.35. The number of alkyl halides is 2. The third kappa shape index (κ3) is 5.21. The van der Waals surface area contributed by atoms with Gasteiger partial charge in [0.05, 0.1) is 21.8 Å². The summed E-state index contributed by atoms with van der Waals surface area (Å²) in [6, 6.07) is 14.5. The van der Waals surface area contributed by atoms with Crippen molar-refractivity contribution in [3.05, 3.63) is 75.6 Å². The highest BCUT2D eigenvalue weighted by atomic mass is 35.5. The molecule has 0 radical (unpaired) electrons. The Morgan fingerprint density at radius 3 is 2.56 bits per heavy atom. The van der Waals surface area contributed by atoms with Crippen LogP contribution in [-0.4, -0.2) is 24.1 Å². The number of anilines is 1. The number of benzene rings is 2. The summed E-state index contributed by atoms with van der Waals surface area (Å²) < 4.78 is 57.4. The van der Waals surface area contributed by atoms with Gasteiger partial charge in [0.25, 0.3) is 16.4 Å². The molecule has 2 heterocycles. The van der Waals surface area contributed by atoms with Crippen molar-refractivity contribution < 1.29 is 22.0 Å². The summed E-state index contributed by atoms with van der Waals surface area (Å²) in [5, 5.41) is 7.09. The molecule has 34 heavy (non-hydrogen) atoms. The van der Waals surface area contributed by atoms with Crippen LogP contribution in [0.15, 0.2) is 58.8 Å². The smallest absolute Gasteiger partial charge is 0.272 e. The Labute approximate surface area is 203 Å². The number of hydrogen-bond acceptors (Lipinski definition) is 5. The number of fused-ring (bicyclic) bond motifs is 1. The molecule has 7 nitrogen and oxygen atoms in total. The molecule has 12 heteroatoms. The average Bonchev–Trinajstić information content (AvgIpc) is 3.37. The molecule has 2 aromatic heterocycles. The first-order valence-corrected chi connectivity index (χ1v) is 12.7. The molecule has 0 aliphatic heterocycles. The first-order valence-electron chi connectivity index (χ1n) is 10.0. The van der Waals surface area contributed by atoms with Crippen molar-refractivity contribution in [3.63, 3.8) is 0 Å². The van der Waals surface area contributed by atoms with Gasteiger partial charge in [0.2, 0.25) is 5.91 Å². The molecule has 0 aliphatic rings. The van der Waals surface area contributed by atoms with Crippen LogP contribution in [0, 0.1) is 0 Å². The number of rotatable bonds is 8. The molecular formula is C22H19ClF2N4O3S2. The van der Waals surface area contributed by atoms with E-state index in [1.165, 1.54) is 35.9 Å². The maximum atomic E-state index is 13.8. The van der Waals surface area contributed by atoms with Crippen molar-refractivity contribution in [1.29, 1.82) is 0 Å². The number of amides is 1. The third-order valence-electron chi connectivity index (χ3n) is 4.96. The Hall–Kier alpha value is -3.02. The van der Waals surface area contributed by atoms with Crippen LogP contribution in [-0.2, 0) is 27.9 Å². The summed E-state index contributed by atoms with van der Waals surface area (Å²) >= 11 is 6.71. The molecule has 2 N–H and O–H groups in total. The molecular weight excluding hydrogens is 506 g/mol. The van der Waals surface area contributed by atoms with Gasteiger partial charge >= 0.3 is 0 Å². The van der Waals surface area contributed by atoms with Crippen LogP contribution in [0.1, 0.15) is 30.0 Å². The lowest BCUT2D eigenvalue weighted by Crippen LogP contribution is -2.19. The number of carbonyl (C=O) groups excluding carboxylic acids is 1. The number of sulfonamides is 1. The topological polar surface area (TPSA) is 93.1 Å². The fraction of sp³-hybridized carbons (Fsp3) is 0.182. The number of hydrogen-bond donors (Lipinski definition) is 2. The molecule has 0 spiro atoms. The molecule has 4 rings (SSSR count). The highest BCUT2D eigenvalue weighted by Gasteiger charge is 2.24. The van der Waals surface area contributed by atoms with Gasteiger partial charge in [0.15, 0.2) is 5.82 Å². The zero-order valence-electron chi connectivity index (χ0n) is 17.8. The number of halogens is 3. The standard InChI is InChI=1S/C22H19ClF2N4O3S2/c1-13(30)26-11-14-4-2-5-15(10-14)12-29-17-7-3-6-16(21(24)25)20(17)22(27-29)28-34(31,32)19-9-8-18(23)33-19/h2-10,21H,11-12H2,1H3,(H,26,30)(H,27,28). The van der Waals surface area contributed by atoms with Crippen LogP contribution < -0.4 is 10.0 Å². The Balaban J connectivity index is 1.75. The normalized spacial score (nSPS) is 11.8. The number of nitrogens with one attached hydrogen (secondary N) is 2. The fourth-order valence-corrected chi connectivity index (χ4v) is 5.98. The molecule has 0 fully saturated rings. The molecule has 0 atom stereocenters. The van der Waals surface area contributed by atoms with Gasteiger partial charge in [-0.3, -0.25) is 14.2 Å². The van der Waals surface area contributed by atoms with E-state index < -0.39 is 16.4 Å². The van der Waals surface area contributed by atoms with E-state index in [1.807, 2.05) is 24.3 Å². The average molecular weight is 525 g/mol. The lowest BCUT2D eigenvalue weighted by molar-refractivity contribution is -0.119. The highest BCUT2D eigenvalue weighted by molar-refractivity contribution is 7.94. The van der Waals surface area contributed by atoms with Gasteiger partial charge < -0.3 is 5.32 Å². The van der Waals surface area contributed by atoms with Gasteiger partial charge in [0.1, 0.15) is 4.21 Å². The van der Waals surface area contributed by atoms with Gasteiger partial charge in [-0.1, -0.05) is 48.0 Å². The summed E-state index contributed by atoms with van der Waals surface area (Å²) in [4.78, 5) is 11.2.